The number of aliphatic hydroxyl groups is 1. The van der Waals surface area contributed by atoms with Gasteiger partial charge in [0.05, 0.1) is 26.2 Å². The van der Waals surface area contributed by atoms with Crippen molar-refractivity contribution in [3.05, 3.63) is 24.3 Å². The summed E-state index contributed by atoms with van der Waals surface area (Å²) >= 11 is 0. The van der Waals surface area contributed by atoms with Crippen LogP contribution in [0, 0.1) is 5.92 Å². The molecule has 1 aromatic rings. The average molecular weight is 347 g/mol. The van der Waals surface area contributed by atoms with Crippen molar-refractivity contribution >= 4 is 5.91 Å². The molecule has 3 rings (SSSR count). The zero-order chi connectivity index (χ0) is 17.6. The van der Waals surface area contributed by atoms with E-state index in [0.717, 1.165) is 45.1 Å². The van der Waals surface area contributed by atoms with E-state index in [1.807, 2.05) is 29.2 Å². The Hall–Kier alpha value is -1.75. The van der Waals surface area contributed by atoms with Crippen LogP contribution in [0.1, 0.15) is 44.9 Å². The second-order valence-corrected chi connectivity index (χ2v) is 7.06. The molecule has 138 valence electrons. The third-order valence-corrected chi connectivity index (χ3v) is 5.54. The lowest BCUT2D eigenvalue weighted by atomic mass is 9.80. The molecule has 2 aliphatic rings. The summed E-state index contributed by atoms with van der Waals surface area (Å²) < 4.78 is 11.0. The van der Waals surface area contributed by atoms with E-state index in [0.29, 0.717) is 24.5 Å². The molecule has 1 saturated heterocycles. The summed E-state index contributed by atoms with van der Waals surface area (Å²) in [6.45, 7) is 1.15. The first kappa shape index (κ1) is 18.1. The van der Waals surface area contributed by atoms with Crippen LogP contribution in [0.5, 0.6) is 11.5 Å². The molecule has 1 heterocycles. The van der Waals surface area contributed by atoms with Gasteiger partial charge in [-0.15, -0.1) is 0 Å². The second kappa shape index (κ2) is 8.56. The number of benzene rings is 1. The Morgan fingerprint density at radius 1 is 1.16 bits per heavy atom. The van der Waals surface area contributed by atoms with E-state index in [1.54, 1.807) is 7.11 Å². The van der Waals surface area contributed by atoms with Gasteiger partial charge < -0.3 is 19.5 Å². The van der Waals surface area contributed by atoms with E-state index in [9.17, 15) is 9.90 Å². The highest BCUT2D eigenvalue weighted by Gasteiger charge is 2.38. The van der Waals surface area contributed by atoms with Gasteiger partial charge in [-0.25, -0.2) is 0 Å². The number of rotatable bonds is 6. The molecule has 0 spiro atoms. The van der Waals surface area contributed by atoms with Gasteiger partial charge in [-0.1, -0.05) is 25.0 Å². The minimum absolute atomic E-state index is 0.134. The number of para-hydroxylation sites is 2. The minimum Gasteiger partial charge on any atom is -0.493 e. The van der Waals surface area contributed by atoms with Crippen molar-refractivity contribution in [1.29, 1.82) is 0 Å². The van der Waals surface area contributed by atoms with Crippen molar-refractivity contribution in [2.45, 2.75) is 57.1 Å². The Labute approximate surface area is 149 Å². The predicted molar refractivity (Wildman–Crippen MR) is 95.8 cm³/mol. The van der Waals surface area contributed by atoms with Gasteiger partial charge in [0.15, 0.2) is 11.5 Å². The maximum absolute atomic E-state index is 12.7. The summed E-state index contributed by atoms with van der Waals surface area (Å²) in [5.74, 6) is 1.73. The van der Waals surface area contributed by atoms with Gasteiger partial charge in [0.2, 0.25) is 5.91 Å². The third-order valence-electron chi connectivity index (χ3n) is 5.54. The van der Waals surface area contributed by atoms with E-state index >= 15 is 0 Å². The molecule has 3 atom stereocenters. The van der Waals surface area contributed by atoms with Crippen LogP contribution in [0.25, 0.3) is 0 Å². The van der Waals surface area contributed by atoms with Gasteiger partial charge in [0.1, 0.15) is 0 Å². The van der Waals surface area contributed by atoms with Gasteiger partial charge >= 0.3 is 0 Å². The van der Waals surface area contributed by atoms with Gasteiger partial charge in [-0.3, -0.25) is 4.79 Å². The lowest BCUT2D eigenvalue weighted by molar-refractivity contribution is -0.134. The molecule has 0 bridgehead atoms. The zero-order valence-electron chi connectivity index (χ0n) is 15.0. The van der Waals surface area contributed by atoms with Crippen molar-refractivity contribution in [3.8, 4) is 11.5 Å². The molecular weight excluding hydrogens is 318 g/mol. The van der Waals surface area contributed by atoms with Gasteiger partial charge in [0, 0.05) is 18.5 Å². The normalized spacial score (nSPS) is 26.5. The number of carbonyl (C=O) groups excluding carboxylic acids is 1. The van der Waals surface area contributed by atoms with E-state index in [-0.39, 0.29) is 24.0 Å². The monoisotopic (exact) mass is 347 g/mol. The summed E-state index contributed by atoms with van der Waals surface area (Å²) in [4.78, 5) is 14.7. The first-order valence-corrected chi connectivity index (χ1v) is 9.44. The number of hydrogen-bond donors (Lipinski definition) is 1. The summed E-state index contributed by atoms with van der Waals surface area (Å²) in [5.41, 5.74) is 0. The molecule has 1 aromatic carbocycles. The molecule has 25 heavy (non-hydrogen) atoms. The molecular formula is C20H29NO4. The maximum atomic E-state index is 12.7. The van der Waals surface area contributed by atoms with Crippen molar-refractivity contribution in [1.82, 2.24) is 4.90 Å². The molecule has 1 aliphatic carbocycles. The Kier molecular flexibility index (Phi) is 6.19. The fourth-order valence-corrected chi connectivity index (χ4v) is 4.27. The summed E-state index contributed by atoms with van der Waals surface area (Å²) in [6.07, 6.45) is 6.33. The number of amides is 1. The van der Waals surface area contributed by atoms with E-state index in [2.05, 4.69) is 0 Å². The van der Waals surface area contributed by atoms with Crippen LogP contribution in [-0.2, 0) is 4.79 Å². The molecule has 5 heteroatoms. The number of ether oxygens (including phenoxy) is 2. The lowest BCUT2D eigenvalue weighted by Gasteiger charge is -2.37. The molecule has 2 fully saturated rings. The first-order chi connectivity index (χ1) is 12.2. The number of likely N-dealkylation sites (tertiary alicyclic amines) is 1. The smallest absolute Gasteiger partial charge is 0.226 e. The molecule has 1 N–H and O–H groups in total. The van der Waals surface area contributed by atoms with E-state index < -0.39 is 0 Å². The fraction of sp³-hybridized carbons (Fsp3) is 0.650. The van der Waals surface area contributed by atoms with Crippen LogP contribution in [0.15, 0.2) is 24.3 Å². The van der Waals surface area contributed by atoms with Crippen LogP contribution >= 0.6 is 0 Å². The number of hydrogen-bond acceptors (Lipinski definition) is 4. The maximum Gasteiger partial charge on any atom is 0.226 e. The van der Waals surface area contributed by atoms with Crippen LogP contribution in [-0.4, -0.2) is 48.3 Å². The first-order valence-electron chi connectivity index (χ1n) is 9.44. The molecule has 5 nitrogen and oxygen atoms in total. The number of carbonyl (C=O) groups is 1. The largest absolute Gasteiger partial charge is 0.493 e. The number of methoxy groups -OCH3 is 1. The van der Waals surface area contributed by atoms with Gasteiger partial charge in [0.25, 0.3) is 0 Å². The highest BCUT2D eigenvalue weighted by atomic mass is 16.5. The van der Waals surface area contributed by atoms with Crippen molar-refractivity contribution in [3.63, 3.8) is 0 Å². The SMILES string of the molecule is COc1ccccc1OCCC(=O)N1CCC[C@@H]1[C@H]1CCCC[C@H]1O. The summed E-state index contributed by atoms with van der Waals surface area (Å²) in [7, 11) is 1.61. The highest BCUT2D eigenvalue weighted by Crippen LogP contribution is 2.35. The fourth-order valence-electron chi connectivity index (χ4n) is 4.27. The number of aliphatic hydroxyl groups excluding tert-OH is 1. The van der Waals surface area contributed by atoms with Crippen LogP contribution in [0.2, 0.25) is 0 Å². The molecule has 0 unspecified atom stereocenters. The number of nitrogens with zero attached hydrogens (tertiary/aromatic N) is 1. The highest BCUT2D eigenvalue weighted by molar-refractivity contribution is 5.77. The van der Waals surface area contributed by atoms with Crippen LogP contribution in [0.4, 0.5) is 0 Å². The molecule has 1 aliphatic heterocycles. The Morgan fingerprint density at radius 2 is 1.92 bits per heavy atom. The van der Waals surface area contributed by atoms with E-state index in [1.165, 1.54) is 0 Å². The molecule has 1 amide bonds. The van der Waals surface area contributed by atoms with E-state index in [4.69, 9.17) is 9.47 Å². The standard InChI is InChI=1S/C20H29NO4/c1-24-18-10-4-5-11-19(18)25-14-12-20(23)21-13-6-8-16(21)15-7-2-3-9-17(15)22/h4-5,10-11,15-17,22H,2-3,6-9,12-14H2,1H3/t15-,16-,17-/m1/s1. The Morgan fingerprint density at radius 3 is 2.68 bits per heavy atom. The average Bonchev–Trinajstić information content (AvgIpc) is 3.12. The molecule has 0 radical (unpaired) electrons. The van der Waals surface area contributed by atoms with Gasteiger partial charge in [-0.05, 0) is 37.8 Å². The zero-order valence-corrected chi connectivity index (χ0v) is 15.0. The Balaban J connectivity index is 1.53. The summed E-state index contributed by atoms with van der Waals surface area (Å²) in [5, 5.41) is 10.3. The topological polar surface area (TPSA) is 59.0 Å². The van der Waals surface area contributed by atoms with Crippen LogP contribution < -0.4 is 9.47 Å². The molecule has 0 aromatic heterocycles. The Bertz CT molecular complexity index is 577. The quantitative estimate of drug-likeness (QED) is 0.859. The van der Waals surface area contributed by atoms with Crippen molar-refractivity contribution in [2.75, 3.05) is 20.3 Å². The summed E-state index contributed by atoms with van der Waals surface area (Å²) in [6, 6.07) is 7.68. The minimum atomic E-state index is -0.253. The second-order valence-electron chi connectivity index (χ2n) is 7.06. The van der Waals surface area contributed by atoms with Crippen LogP contribution in [0.3, 0.4) is 0 Å². The molecule has 1 saturated carbocycles. The van der Waals surface area contributed by atoms with Gasteiger partial charge in [-0.2, -0.15) is 0 Å². The van der Waals surface area contributed by atoms with Crippen molar-refractivity contribution < 1.29 is 19.4 Å². The third kappa shape index (κ3) is 4.27. The predicted octanol–water partition coefficient (Wildman–Crippen LogP) is 3.01. The van der Waals surface area contributed by atoms with Crippen molar-refractivity contribution in [2.24, 2.45) is 5.92 Å². The lowest BCUT2D eigenvalue weighted by Crippen LogP contribution is -2.45.